The third-order valence-corrected chi connectivity index (χ3v) is 4.10. The molecule has 0 heterocycles. The minimum Gasteiger partial charge on any atom is -0.457 e. The van der Waals surface area contributed by atoms with Crippen LogP contribution >= 0.6 is 15.9 Å². The monoisotopic (exact) mass is 347 g/mol. The van der Waals surface area contributed by atoms with E-state index in [0.717, 1.165) is 40.8 Å². The Morgan fingerprint density at radius 1 is 1.05 bits per heavy atom. The van der Waals surface area contributed by atoms with Crippen LogP contribution in [-0.4, -0.2) is 6.04 Å². The third-order valence-electron chi connectivity index (χ3n) is 3.60. The van der Waals surface area contributed by atoms with Crippen molar-refractivity contribution in [2.45, 2.75) is 39.2 Å². The minimum atomic E-state index is 0.156. The molecule has 2 aromatic rings. The molecule has 0 radical (unpaired) electrons. The Hall–Kier alpha value is -1.32. The summed E-state index contributed by atoms with van der Waals surface area (Å²) in [5.41, 5.74) is 8.46. The molecule has 0 saturated heterocycles. The van der Waals surface area contributed by atoms with Gasteiger partial charge in [0.05, 0.1) is 0 Å². The smallest absolute Gasteiger partial charge is 0.130 e. The number of ether oxygens (including phenoxy) is 1. The standard InChI is InChI=1S/C18H22BrNO/c1-3-13-7-5-6-8-17(13)21-18-10-9-15(19)11-14(18)12-16(20)4-2/h5-11,16H,3-4,12,20H2,1-2H3. The number of para-hydroxylation sites is 1. The lowest BCUT2D eigenvalue weighted by molar-refractivity contribution is 0.466. The highest BCUT2D eigenvalue weighted by molar-refractivity contribution is 9.10. The van der Waals surface area contributed by atoms with Gasteiger partial charge in [0.1, 0.15) is 11.5 Å². The van der Waals surface area contributed by atoms with E-state index in [1.165, 1.54) is 5.56 Å². The van der Waals surface area contributed by atoms with E-state index in [0.29, 0.717) is 0 Å². The highest BCUT2D eigenvalue weighted by atomic mass is 79.9. The first-order valence-electron chi connectivity index (χ1n) is 7.43. The number of halogens is 1. The summed E-state index contributed by atoms with van der Waals surface area (Å²) in [6.45, 7) is 4.24. The molecule has 21 heavy (non-hydrogen) atoms. The van der Waals surface area contributed by atoms with E-state index >= 15 is 0 Å². The lowest BCUT2D eigenvalue weighted by Crippen LogP contribution is -2.21. The van der Waals surface area contributed by atoms with Crippen molar-refractivity contribution >= 4 is 15.9 Å². The summed E-state index contributed by atoms with van der Waals surface area (Å²) >= 11 is 3.53. The Bertz CT molecular complexity index is 598. The van der Waals surface area contributed by atoms with Crippen molar-refractivity contribution < 1.29 is 4.74 Å². The molecule has 0 aliphatic heterocycles. The Morgan fingerprint density at radius 2 is 1.76 bits per heavy atom. The number of nitrogens with two attached hydrogens (primary N) is 1. The molecule has 0 aliphatic rings. The van der Waals surface area contributed by atoms with E-state index in [9.17, 15) is 0 Å². The highest BCUT2D eigenvalue weighted by Gasteiger charge is 2.11. The first-order chi connectivity index (χ1) is 10.1. The molecule has 0 saturated carbocycles. The van der Waals surface area contributed by atoms with Gasteiger partial charge in [0.25, 0.3) is 0 Å². The summed E-state index contributed by atoms with van der Waals surface area (Å²) in [6.07, 6.45) is 2.73. The first-order valence-corrected chi connectivity index (χ1v) is 8.23. The van der Waals surface area contributed by atoms with Crippen LogP contribution in [0.15, 0.2) is 46.9 Å². The molecule has 112 valence electrons. The minimum absolute atomic E-state index is 0.156. The van der Waals surface area contributed by atoms with Crippen LogP contribution in [0.25, 0.3) is 0 Å². The molecule has 0 aromatic heterocycles. The predicted molar refractivity (Wildman–Crippen MR) is 92.0 cm³/mol. The maximum atomic E-state index is 6.16. The average molecular weight is 348 g/mol. The summed E-state index contributed by atoms with van der Waals surface area (Å²) in [5.74, 6) is 1.82. The van der Waals surface area contributed by atoms with E-state index in [2.05, 4.69) is 41.9 Å². The van der Waals surface area contributed by atoms with E-state index in [1.807, 2.05) is 30.3 Å². The topological polar surface area (TPSA) is 35.2 Å². The zero-order chi connectivity index (χ0) is 15.2. The molecule has 3 heteroatoms. The van der Waals surface area contributed by atoms with Gasteiger partial charge in [-0.25, -0.2) is 0 Å². The molecule has 1 atom stereocenters. The van der Waals surface area contributed by atoms with E-state index in [-0.39, 0.29) is 6.04 Å². The van der Waals surface area contributed by atoms with Gasteiger partial charge in [-0.05, 0) is 54.7 Å². The summed E-state index contributed by atoms with van der Waals surface area (Å²) in [7, 11) is 0. The van der Waals surface area contributed by atoms with Crippen LogP contribution in [-0.2, 0) is 12.8 Å². The number of hydrogen-bond acceptors (Lipinski definition) is 2. The van der Waals surface area contributed by atoms with Crippen LogP contribution in [0.4, 0.5) is 0 Å². The number of benzene rings is 2. The molecule has 0 amide bonds. The second kappa shape index (κ2) is 7.62. The van der Waals surface area contributed by atoms with E-state index in [4.69, 9.17) is 10.5 Å². The first kappa shape index (κ1) is 16.1. The van der Waals surface area contributed by atoms with E-state index in [1.54, 1.807) is 0 Å². The average Bonchev–Trinajstić information content (AvgIpc) is 2.50. The summed E-state index contributed by atoms with van der Waals surface area (Å²) < 4.78 is 7.21. The Balaban J connectivity index is 2.30. The fourth-order valence-electron chi connectivity index (χ4n) is 2.25. The maximum absolute atomic E-state index is 6.16. The van der Waals surface area contributed by atoms with E-state index < -0.39 is 0 Å². The second-order valence-electron chi connectivity index (χ2n) is 5.19. The zero-order valence-electron chi connectivity index (χ0n) is 12.6. The molecule has 2 N–H and O–H groups in total. The fraction of sp³-hybridized carbons (Fsp3) is 0.333. The molecular formula is C18H22BrNO. The highest BCUT2D eigenvalue weighted by Crippen LogP contribution is 2.31. The van der Waals surface area contributed by atoms with Crippen molar-refractivity contribution in [3.05, 3.63) is 58.1 Å². The predicted octanol–water partition coefficient (Wildman–Crippen LogP) is 5.08. The SMILES string of the molecule is CCc1ccccc1Oc1ccc(Br)cc1CC(N)CC. The third kappa shape index (κ3) is 4.32. The molecule has 2 aromatic carbocycles. The molecule has 1 unspecified atom stereocenters. The van der Waals surface area contributed by atoms with Crippen molar-refractivity contribution in [3.8, 4) is 11.5 Å². The van der Waals surface area contributed by atoms with Crippen LogP contribution in [0.3, 0.4) is 0 Å². The molecular weight excluding hydrogens is 326 g/mol. The second-order valence-corrected chi connectivity index (χ2v) is 6.10. The van der Waals surface area contributed by atoms with Gasteiger partial charge in [0.15, 0.2) is 0 Å². The number of rotatable bonds is 6. The molecule has 0 spiro atoms. The van der Waals surface area contributed by atoms with Crippen LogP contribution in [0.2, 0.25) is 0 Å². The Labute approximate surface area is 135 Å². The maximum Gasteiger partial charge on any atom is 0.130 e. The van der Waals surface area contributed by atoms with Gasteiger partial charge < -0.3 is 10.5 Å². The van der Waals surface area contributed by atoms with Gasteiger partial charge >= 0.3 is 0 Å². The largest absolute Gasteiger partial charge is 0.457 e. The van der Waals surface area contributed by atoms with Crippen molar-refractivity contribution in [2.75, 3.05) is 0 Å². The Morgan fingerprint density at radius 3 is 2.48 bits per heavy atom. The van der Waals surface area contributed by atoms with Crippen LogP contribution < -0.4 is 10.5 Å². The summed E-state index contributed by atoms with van der Waals surface area (Å²) in [6, 6.07) is 14.4. The lowest BCUT2D eigenvalue weighted by atomic mass is 10.0. The van der Waals surface area contributed by atoms with Gasteiger partial charge in [-0.1, -0.05) is 48.0 Å². The van der Waals surface area contributed by atoms with Gasteiger partial charge in [0, 0.05) is 10.5 Å². The van der Waals surface area contributed by atoms with Gasteiger partial charge in [-0.3, -0.25) is 0 Å². The normalized spacial score (nSPS) is 12.2. The van der Waals surface area contributed by atoms with Crippen molar-refractivity contribution in [2.24, 2.45) is 5.73 Å². The van der Waals surface area contributed by atoms with Gasteiger partial charge in [-0.15, -0.1) is 0 Å². The van der Waals surface area contributed by atoms with Crippen LogP contribution in [0, 0.1) is 0 Å². The van der Waals surface area contributed by atoms with Crippen molar-refractivity contribution in [1.29, 1.82) is 0 Å². The molecule has 2 rings (SSSR count). The summed E-state index contributed by atoms with van der Waals surface area (Å²) in [5, 5.41) is 0. The quantitative estimate of drug-likeness (QED) is 0.790. The molecule has 0 aliphatic carbocycles. The molecule has 0 fully saturated rings. The molecule has 0 bridgehead atoms. The summed E-state index contributed by atoms with van der Waals surface area (Å²) in [4.78, 5) is 0. The Kier molecular flexibility index (Phi) is 5.83. The number of aryl methyl sites for hydroxylation is 1. The number of hydrogen-bond donors (Lipinski definition) is 1. The molecule has 2 nitrogen and oxygen atoms in total. The van der Waals surface area contributed by atoms with Gasteiger partial charge in [-0.2, -0.15) is 0 Å². The van der Waals surface area contributed by atoms with Crippen LogP contribution in [0.1, 0.15) is 31.4 Å². The van der Waals surface area contributed by atoms with Gasteiger partial charge in [0.2, 0.25) is 0 Å². The lowest BCUT2D eigenvalue weighted by Gasteiger charge is -2.16. The van der Waals surface area contributed by atoms with Crippen molar-refractivity contribution in [1.82, 2.24) is 0 Å². The van der Waals surface area contributed by atoms with Crippen LogP contribution in [0.5, 0.6) is 11.5 Å². The van der Waals surface area contributed by atoms with Crippen molar-refractivity contribution in [3.63, 3.8) is 0 Å². The zero-order valence-corrected chi connectivity index (χ0v) is 14.2. The fourth-order valence-corrected chi connectivity index (χ4v) is 2.66.